The van der Waals surface area contributed by atoms with Gasteiger partial charge in [0.1, 0.15) is 10.7 Å². The number of sulfonamides is 1. The van der Waals surface area contributed by atoms with Crippen LogP contribution in [0.4, 0.5) is 10.1 Å². The summed E-state index contributed by atoms with van der Waals surface area (Å²) in [6, 6.07) is 2.27. The molecule has 0 aliphatic rings. The number of benzene rings is 1. The van der Waals surface area contributed by atoms with Crippen LogP contribution in [0.5, 0.6) is 0 Å². The summed E-state index contributed by atoms with van der Waals surface area (Å²) in [6.07, 6.45) is 1.03. The summed E-state index contributed by atoms with van der Waals surface area (Å²) in [6.45, 7) is 3.02. The standard InChI is InChI=1S/C12H17FN2O5S/c1-3-6-12(2,16)8-14-21(19,20)11-5-4-9(15(17)18)7-10(11)13/h4-5,7,14,16H,3,6,8H2,1-2H3. The number of nitro groups is 1. The highest BCUT2D eigenvalue weighted by atomic mass is 32.2. The predicted molar refractivity (Wildman–Crippen MR) is 73.8 cm³/mol. The minimum Gasteiger partial charge on any atom is -0.389 e. The van der Waals surface area contributed by atoms with Gasteiger partial charge in [-0.1, -0.05) is 13.3 Å². The number of non-ortho nitro benzene ring substituents is 1. The highest BCUT2D eigenvalue weighted by Crippen LogP contribution is 2.21. The SMILES string of the molecule is CCCC(C)(O)CNS(=O)(=O)c1ccc([N+](=O)[O-])cc1F. The summed E-state index contributed by atoms with van der Waals surface area (Å²) in [5.41, 5.74) is -1.79. The molecule has 0 bridgehead atoms. The highest BCUT2D eigenvalue weighted by Gasteiger charge is 2.26. The molecule has 0 saturated carbocycles. The Hall–Kier alpha value is -1.58. The molecule has 0 aromatic heterocycles. The molecule has 0 aliphatic heterocycles. The van der Waals surface area contributed by atoms with Gasteiger partial charge in [0.15, 0.2) is 0 Å². The number of hydrogen-bond donors (Lipinski definition) is 2. The van der Waals surface area contributed by atoms with Crippen molar-refractivity contribution >= 4 is 15.7 Å². The second kappa shape index (κ2) is 6.46. The van der Waals surface area contributed by atoms with Crippen LogP contribution in [-0.4, -0.2) is 30.6 Å². The summed E-state index contributed by atoms with van der Waals surface area (Å²) < 4.78 is 39.7. The minimum absolute atomic E-state index is 0.278. The topological polar surface area (TPSA) is 110 Å². The molecule has 9 heteroatoms. The third-order valence-electron chi connectivity index (χ3n) is 2.85. The number of hydrogen-bond acceptors (Lipinski definition) is 5. The first-order valence-corrected chi connectivity index (χ1v) is 7.73. The van der Waals surface area contributed by atoms with Crippen LogP contribution in [0.1, 0.15) is 26.7 Å². The van der Waals surface area contributed by atoms with E-state index in [1.54, 1.807) is 0 Å². The van der Waals surface area contributed by atoms with Crippen LogP contribution >= 0.6 is 0 Å². The zero-order chi connectivity index (χ0) is 16.3. The van der Waals surface area contributed by atoms with Gasteiger partial charge >= 0.3 is 0 Å². The molecular formula is C12H17FN2O5S. The first-order chi connectivity index (χ1) is 9.59. The third kappa shape index (κ3) is 4.73. The van der Waals surface area contributed by atoms with Crippen LogP contribution in [-0.2, 0) is 10.0 Å². The van der Waals surface area contributed by atoms with Gasteiger partial charge < -0.3 is 5.11 Å². The van der Waals surface area contributed by atoms with Crippen molar-refractivity contribution in [3.05, 3.63) is 34.1 Å². The molecule has 0 saturated heterocycles. The molecule has 1 unspecified atom stereocenters. The number of aliphatic hydroxyl groups is 1. The van der Waals surface area contributed by atoms with E-state index in [0.717, 1.165) is 12.1 Å². The van der Waals surface area contributed by atoms with E-state index < -0.39 is 36.9 Å². The average Bonchev–Trinajstić information content (AvgIpc) is 2.36. The molecular weight excluding hydrogens is 303 g/mol. The van der Waals surface area contributed by atoms with Crippen LogP contribution in [0.25, 0.3) is 0 Å². The Kier molecular flexibility index (Phi) is 5.37. The lowest BCUT2D eigenvalue weighted by atomic mass is 10.0. The molecule has 0 radical (unpaired) electrons. The summed E-state index contributed by atoms with van der Waals surface area (Å²) >= 11 is 0. The Balaban J connectivity index is 2.96. The normalized spacial score (nSPS) is 14.7. The van der Waals surface area contributed by atoms with Crippen molar-refractivity contribution in [1.29, 1.82) is 0 Å². The van der Waals surface area contributed by atoms with Gasteiger partial charge in [-0.2, -0.15) is 0 Å². The lowest BCUT2D eigenvalue weighted by molar-refractivity contribution is -0.385. The molecule has 21 heavy (non-hydrogen) atoms. The van der Waals surface area contributed by atoms with E-state index in [1.165, 1.54) is 6.92 Å². The maximum atomic E-state index is 13.7. The maximum absolute atomic E-state index is 13.7. The van der Waals surface area contributed by atoms with Gasteiger partial charge in [0.25, 0.3) is 5.69 Å². The number of nitrogens with one attached hydrogen (secondary N) is 1. The first kappa shape index (κ1) is 17.5. The fourth-order valence-electron chi connectivity index (χ4n) is 1.78. The second-order valence-corrected chi connectivity index (χ2v) is 6.68. The van der Waals surface area contributed by atoms with E-state index in [0.29, 0.717) is 18.9 Å². The zero-order valence-electron chi connectivity index (χ0n) is 11.7. The van der Waals surface area contributed by atoms with Crippen molar-refractivity contribution in [2.45, 2.75) is 37.2 Å². The molecule has 2 N–H and O–H groups in total. The van der Waals surface area contributed by atoms with Crippen molar-refractivity contribution < 1.29 is 22.8 Å². The van der Waals surface area contributed by atoms with Gasteiger partial charge in [-0.3, -0.25) is 10.1 Å². The minimum atomic E-state index is -4.19. The van der Waals surface area contributed by atoms with Gasteiger partial charge in [-0.05, 0) is 19.4 Å². The van der Waals surface area contributed by atoms with Gasteiger partial charge in [0, 0.05) is 12.6 Å². The first-order valence-electron chi connectivity index (χ1n) is 6.25. The van der Waals surface area contributed by atoms with Crippen LogP contribution in [0.15, 0.2) is 23.1 Å². The molecule has 0 spiro atoms. The second-order valence-electron chi connectivity index (χ2n) is 4.94. The van der Waals surface area contributed by atoms with Crippen molar-refractivity contribution in [2.24, 2.45) is 0 Å². The molecule has 0 fully saturated rings. The van der Waals surface area contributed by atoms with Gasteiger partial charge in [0.05, 0.1) is 16.6 Å². The monoisotopic (exact) mass is 320 g/mol. The molecule has 7 nitrogen and oxygen atoms in total. The Bertz CT molecular complexity index is 631. The summed E-state index contributed by atoms with van der Waals surface area (Å²) in [4.78, 5) is 8.97. The molecule has 1 aromatic rings. The Morgan fingerprint density at radius 1 is 1.48 bits per heavy atom. The van der Waals surface area contributed by atoms with E-state index in [2.05, 4.69) is 4.72 Å². The van der Waals surface area contributed by atoms with E-state index >= 15 is 0 Å². The van der Waals surface area contributed by atoms with E-state index in [1.807, 2.05) is 6.92 Å². The van der Waals surface area contributed by atoms with Crippen LogP contribution in [0, 0.1) is 15.9 Å². The quantitative estimate of drug-likeness (QED) is 0.585. The van der Waals surface area contributed by atoms with Crippen LogP contribution < -0.4 is 4.72 Å². The number of nitrogens with zero attached hydrogens (tertiary/aromatic N) is 1. The van der Waals surface area contributed by atoms with Gasteiger partial charge in [-0.25, -0.2) is 17.5 Å². The van der Waals surface area contributed by atoms with Gasteiger partial charge in [0.2, 0.25) is 10.0 Å². The van der Waals surface area contributed by atoms with Crippen LogP contribution in [0.2, 0.25) is 0 Å². The molecule has 1 rings (SSSR count). The zero-order valence-corrected chi connectivity index (χ0v) is 12.5. The van der Waals surface area contributed by atoms with Gasteiger partial charge in [-0.15, -0.1) is 0 Å². The molecule has 118 valence electrons. The summed E-state index contributed by atoms with van der Waals surface area (Å²) in [5.74, 6) is -1.22. The molecule has 1 aromatic carbocycles. The number of halogens is 1. The molecule has 0 amide bonds. The van der Waals surface area contributed by atoms with E-state index in [9.17, 15) is 28.0 Å². The Labute approximate surface area is 122 Å². The van der Waals surface area contributed by atoms with Crippen molar-refractivity contribution in [3.63, 3.8) is 0 Å². The lowest BCUT2D eigenvalue weighted by Crippen LogP contribution is -2.40. The fraction of sp³-hybridized carbons (Fsp3) is 0.500. The van der Waals surface area contributed by atoms with Crippen LogP contribution in [0.3, 0.4) is 0 Å². The fourth-order valence-corrected chi connectivity index (χ4v) is 3.00. The van der Waals surface area contributed by atoms with Crippen molar-refractivity contribution in [2.75, 3.05) is 6.54 Å². The highest BCUT2D eigenvalue weighted by molar-refractivity contribution is 7.89. The average molecular weight is 320 g/mol. The van der Waals surface area contributed by atoms with Crippen molar-refractivity contribution in [1.82, 2.24) is 4.72 Å². The molecule has 0 aliphatic carbocycles. The largest absolute Gasteiger partial charge is 0.389 e. The van der Waals surface area contributed by atoms with E-state index in [4.69, 9.17) is 0 Å². The smallest absolute Gasteiger partial charge is 0.272 e. The Morgan fingerprint density at radius 3 is 2.57 bits per heavy atom. The van der Waals surface area contributed by atoms with Crippen molar-refractivity contribution in [3.8, 4) is 0 Å². The molecule has 0 heterocycles. The Morgan fingerprint density at radius 2 is 2.10 bits per heavy atom. The van der Waals surface area contributed by atoms with E-state index in [-0.39, 0.29) is 6.54 Å². The number of rotatable bonds is 7. The maximum Gasteiger partial charge on any atom is 0.272 e. The summed E-state index contributed by atoms with van der Waals surface area (Å²) in [5, 5.41) is 20.4. The lowest BCUT2D eigenvalue weighted by Gasteiger charge is -2.22. The molecule has 1 atom stereocenters. The summed E-state index contributed by atoms with van der Waals surface area (Å²) in [7, 11) is -4.19. The number of nitro benzene ring substituents is 1. The predicted octanol–water partition coefficient (Wildman–Crippen LogP) is 1.56. The third-order valence-corrected chi connectivity index (χ3v) is 4.28.